The van der Waals surface area contributed by atoms with Gasteiger partial charge in [0.15, 0.2) is 0 Å². The second kappa shape index (κ2) is 12.8. The molecule has 0 unspecified atom stereocenters. The first-order chi connectivity index (χ1) is 19.1. The Balaban J connectivity index is 2.02. The monoisotopic (exact) mass is 648 g/mol. The van der Waals surface area contributed by atoms with E-state index in [4.69, 9.17) is 9.47 Å². The van der Waals surface area contributed by atoms with Gasteiger partial charge in [0, 0.05) is 17.1 Å². The van der Waals surface area contributed by atoms with Crippen molar-refractivity contribution < 1.29 is 71.3 Å². The van der Waals surface area contributed by atoms with Gasteiger partial charge in [0.1, 0.15) is 11.5 Å². The van der Waals surface area contributed by atoms with E-state index in [2.05, 4.69) is 0 Å². The SMILES string of the molecule is CCCCOc1ccc(OC(=O)c2ccc(SCCC(F)(F)C(F)(F)C(F)(F)C(F)(F)C(F)(F)C(F)(F)F)cc2)cc1. The first kappa shape index (κ1) is 35.3. The number of rotatable bonds is 14. The number of halogens is 13. The molecule has 236 valence electrons. The minimum atomic E-state index is -7.92. The molecule has 2 aromatic carbocycles. The summed E-state index contributed by atoms with van der Waals surface area (Å²) in [6, 6.07) is 10.4. The number of hydrogen-bond donors (Lipinski definition) is 0. The lowest BCUT2D eigenvalue weighted by Gasteiger charge is -2.39. The van der Waals surface area contributed by atoms with Gasteiger partial charge in [-0.1, -0.05) is 13.3 Å². The van der Waals surface area contributed by atoms with E-state index in [0.717, 1.165) is 37.1 Å². The summed E-state index contributed by atoms with van der Waals surface area (Å²) in [5.74, 6) is -38.3. The lowest BCUT2D eigenvalue weighted by atomic mass is 9.93. The fourth-order valence-electron chi connectivity index (χ4n) is 3.05. The quantitative estimate of drug-likeness (QED) is 0.0673. The van der Waals surface area contributed by atoms with E-state index in [-0.39, 0.29) is 28.0 Å². The number of hydrogen-bond acceptors (Lipinski definition) is 4. The Morgan fingerprint density at radius 3 is 1.69 bits per heavy atom. The lowest BCUT2D eigenvalue weighted by molar-refractivity contribution is -0.439. The molecule has 0 radical (unpaired) electrons. The number of carbonyl (C=O) groups excluding carboxylic acids is 1. The number of benzene rings is 2. The van der Waals surface area contributed by atoms with Gasteiger partial charge in [-0.25, -0.2) is 4.79 Å². The molecule has 0 atom stereocenters. The Labute approximate surface area is 234 Å². The number of carbonyl (C=O) groups is 1. The Hall–Kier alpha value is -2.85. The van der Waals surface area contributed by atoms with Crippen LogP contribution in [0.4, 0.5) is 57.1 Å². The molecule has 42 heavy (non-hydrogen) atoms. The van der Waals surface area contributed by atoms with Gasteiger partial charge in [0.25, 0.3) is 0 Å². The van der Waals surface area contributed by atoms with Crippen molar-refractivity contribution in [1.82, 2.24) is 0 Å². The molecule has 0 heterocycles. The van der Waals surface area contributed by atoms with Gasteiger partial charge in [-0.3, -0.25) is 0 Å². The van der Waals surface area contributed by atoms with E-state index in [1.165, 1.54) is 12.1 Å². The van der Waals surface area contributed by atoms with Crippen molar-refractivity contribution in [2.24, 2.45) is 0 Å². The standard InChI is InChI=1S/C25H21F13O3S/c1-2-3-13-40-16-6-8-17(9-7-16)41-19(39)15-4-10-18(11-5-15)42-14-12-20(26,27)21(28,29)22(30,31)23(32,33)24(34,35)25(36,37)38/h4-11H,2-3,12-14H2,1H3. The topological polar surface area (TPSA) is 35.5 Å². The Morgan fingerprint density at radius 1 is 0.690 bits per heavy atom. The summed E-state index contributed by atoms with van der Waals surface area (Å²) in [4.78, 5) is 12.3. The van der Waals surface area contributed by atoms with Crippen molar-refractivity contribution in [3.05, 3.63) is 54.1 Å². The van der Waals surface area contributed by atoms with Crippen LogP contribution in [-0.2, 0) is 0 Å². The van der Waals surface area contributed by atoms with Gasteiger partial charge in [-0.2, -0.15) is 57.1 Å². The predicted molar refractivity (Wildman–Crippen MR) is 124 cm³/mol. The summed E-state index contributed by atoms with van der Waals surface area (Å²) in [5, 5.41) is 0. The highest BCUT2D eigenvalue weighted by molar-refractivity contribution is 7.99. The van der Waals surface area contributed by atoms with Crippen LogP contribution in [0.25, 0.3) is 0 Å². The molecule has 0 fully saturated rings. The molecule has 0 amide bonds. The third-order valence-electron chi connectivity index (χ3n) is 5.57. The number of thioether (sulfide) groups is 1. The van der Waals surface area contributed by atoms with Crippen LogP contribution in [0.5, 0.6) is 11.5 Å². The first-order valence-corrected chi connectivity index (χ1v) is 12.7. The van der Waals surface area contributed by atoms with Crippen LogP contribution in [0, 0.1) is 0 Å². The molecule has 0 spiro atoms. The summed E-state index contributed by atoms with van der Waals surface area (Å²) in [6.45, 7) is 2.47. The van der Waals surface area contributed by atoms with Crippen LogP contribution in [-0.4, -0.2) is 54.1 Å². The molecule has 0 saturated heterocycles. The molecule has 0 aliphatic carbocycles. The van der Waals surface area contributed by atoms with Crippen molar-refractivity contribution in [3.63, 3.8) is 0 Å². The molecule has 3 nitrogen and oxygen atoms in total. The Bertz CT molecular complexity index is 1180. The van der Waals surface area contributed by atoms with Gasteiger partial charge >= 0.3 is 41.8 Å². The van der Waals surface area contributed by atoms with E-state index in [0.29, 0.717) is 12.4 Å². The maximum atomic E-state index is 13.9. The fourth-order valence-corrected chi connectivity index (χ4v) is 3.97. The summed E-state index contributed by atoms with van der Waals surface area (Å²) in [6.07, 6.45) is -8.02. The smallest absolute Gasteiger partial charge is 0.460 e. The van der Waals surface area contributed by atoms with Crippen LogP contribution in [0.3, 0.4) is 0 Å². The van der Waals surface area contributed by atoms with Crippen molar-refractivity contribution in [1.29, 1.82) is 0 Å². The largest absolute Gasteiger partial charge is 0.494 e. The Morgan fingerprint density at radius 2 is 1.19 bits per heavy atom. The molecule has 2 rings (SSSR count). The molecule has 0 bridgehead atoms. The van der Waals surface area contributed by atoms with Gasteiger partial charge in [0.2, 0.25) is 0 Å². The molecule has 0 saturated carbocycles. The zero-order valence-corrected chi connectivity index (χ0v) is 22.0. The maximum absolute atomic E-state index is 13.9. The Kier molecular flexibility index (Phi) is 10.8. The van der Waals surface area contributed by atoms with E-state index < -0.39 is 53.9 Å². The number of alkyl halides is 13. The summed E-state index contributed by atoms with van der Waals surface area (Å²) in [5.41, 5.74) is -0.0630. The number of esters is 1. The molecule has 17 heteroatoms. The molecule has 0 N–H and O–H groups in total. The van der Waals surface area contributed by atoms with Crippen LogP contribution in [0.2, 0.25) is 0 Å². The molecule has 0 aliphatic heterocycles. The van der Waals surface area contributed by atoms with E-state index >= 15 is 0 Å². The van der Waals surface area contributed by atoms with Crippen molar-refractivity contribution in [3.8, 4) is 11.5 Å². The van der Waals surface area contributed by atoms with Crippen LogP contribution in [0.1, 0.15) is 36.5 Å². The summed E-state index contributed by atoms with van der Waals surface area (Å²) in [7, 11) is 0. The highest BCUT2D eigenvalue weighted by atomic mass is 32.2. The fraction of sp³-hybridized carbons (Fsp3) is 0.480. The lowest BCUT2D eigenvalue weighted by Crippen LogP contribution is -2.70. The average Bonchev–Trinajstić information content (AvgIpc) is 2.89. The normalized spacial score (nSPS) is 13.7. The maximum Gasteiger partial charge on any atom is 0.460 e. The average molecular weight is 648 g/mol. The number of unbranched alkanes of at least 4 members (excludes halogenated alkanes) is 1. The third-order valence-corrected chi connectivity index (χ3v) is 6.59. The minimum absolute atomic E-state index is 0.0139. The molecule has 0 aromatic heterocycles. The van der Waals surface area contributed by atoms with Gasteiger partial charge in [-0.05, 0) is 55.0 Å². The van der Waals surface area contributed by atoms with Crippen molar-refractivity contribution in [2.75, 3.05) is 12.4 Å². The number of ether oxygens (including phenoxy) is 2. The van der Waals surface area contributed by atoms with Crippen LogP contribution >= 0.6 is 11.8 Å². The highest BCUT2D eigenvalue weighted by Crippen LogP contribution is 2.60. The molecular formula is C25H21F13O3S. The molecule has 0 aliphatic rings. The van der Waals surface area contributed by atoms with E-state index in [1.54, 1.807) is 12.1 Å². The van der Waals surface area contributed by atoms with Crippen LogP contribution < -0.4 is 9.47 Å². The van der Waals surface area contributed by atoms with E-state index in [9.17, 15) is 61.9 Å². The minimum Gasteiger partial charge on any atom is -0.494 e. The third kappa shape index (κ3) is 7.19. The van der Waals surface area contributed by atoms with Gasteiger partial charge in [0.05, 0.1) is 12.2 Å². The zero-order valence-electron chi connectivity index (χ0n) is 21.2. The molecular weight excluding hydrogens is 627 g/mol. The van der Waals surface area contributed by atoms with Crippen molar-refractivity contribution in [2.45, 2.75) is 66.9 Å². The highest BCUT2D eigenvalue weighted by Gasteiger charge is 2.90. The predicted octanol–water partition coefficient (Wildman–Crippen LogP) is 9.31. The zero-order chi connectivity index (χ0) is 32.2. The van der Waals surface area contributed by atoms with Crippen molar-refractivity contribution >= 4 is 17.7 Å². The second-order valence-electron chi connectivity index (χ2n) is 8.69. The first-order valence-electron chi connectivity index (χ1n) is 11.8. The van der Waals surface area contributed by atoms with Crippen LogP contribution in [0.15, 0.2) is 53.4 Å². The molecule has 2 aromatic rings. The van der Waals surface area contributed by atoms with E-state index in [1.807, 2.05) is 6.92 Å². The van der Waals surface area contributed by atoms with Gasteiger partial charge < -0.3 is 9.47 Å². The summed E-state index contributed by atoms with van der Waals surface area (Å²) >= 11 is 0.285. The second-order valence-corrected chi connectivity index (χ2v) is 9.85. The summed E-state index contributed by atoms with van der Waals surface area (Å²) < 4.78 is 182. The van der Waals surface area contributed by atoms with Gasteiger partial charge in [-0.15, -0.1) is 11.8 Å².